The molecule has 0 aliphatic heterocycles. The van der Waals surface area contributed by atoms with Crippen molar-refractivity contribution in [2.75, 3.05) is 13.6 Å². The van der Waals surface area contributed by atoms with Crippen molar-refractivity contribution in [3.63, 3.8) is 0 Å². The molecule has 21 heavy (non-hydrogen) atoms. The first-order chi connectivity index (χ1) is 10.1. The Morgan fingerprint density at radius 2 is 1.81 bits per heavy atom. The smallest absolute Gasteiger partial charge is 0.317 e. The Morgan fingerprint density at radius 1 is 1.10 bits per heavy atom. The van der Waals surface area contributed by atoms with E-state index in [4.69, 9.17) is 0 Å². The maximum absolute atomic E-state index is 13.1. The Bertz CT molecular complexity index is 586. The highest BCUT2D eigenvalue weighted by atomic mass is 19.1. The van der Waals surface area contributed by atoms with E-state index >= 15 is 0 Å². The molecule has 0 unspecified atom stereocenters. The first kappa shape index (κ1) is 15.0. The van der Waals surface area contributed by atoms with Gasteiger partial charge in [0.25, 0.3) is 0 Å². The molecule has 0 heterocycles. The molecule has 4 heteroatoms. The van der Waals surface area contributed by atoms with Gasteiger partial charge in [0.15, 0.2) is 0 Å². The summed E-state index contributed by atoms with van der Waals surface area (Å²) < 4.78 is 13.1. The van der Waals surface area contributed by atoms with E-state index in [1.165, 1.54) is 17.7 Å². The van der Waals surface area contributed by atoms with E-state index in [1.807, 2.05) is 30.3 Å². The van der Waals surface area contributed by atoms with E-state index in [2.05, 4.69) is 5.32 Å². The zero-order valence-corrected chi connectivity index (χ0v) is 12.1. The van der Waals surface area contributed by atoms with Gasteiger partial charge in [-0.15, -0.1) is 0 Å². The van der Waals surface area contributed by atoms with Crippen molar-refractivity contribution in [3.8, 4) is 0 Å². The molecule has 2 amide bonds. The molecule has 0 atom stereocenters. The summed E-state index contributed by atoms with van der Waals surface area (Å²) in [5.74, 6) is -0.287. The van der Waals surface area contributed by atoms with Crippen molar-refractivity contribution in [2.45, 2.75) is 13.0 Å². The zero-order chi connectivity index (χ0) is 15.1. The Hall–Kier alpha value is -2.36. The molecule has 0 aromatic heterocycles. The molecule has 0 radical (unpaired) electrons. The predicted octanol–water partition coefficient (Wildman–Crippen LogP) is 3.21. The van der Waals surface area contributed by atoms with Crippen LogP contribution >= 0.6 is 0 Å². The highest BCUT2D eigenvalue weighted by molar-refractivity contribution is 5.73. The highest BCUT2D eigenvalue weighted by Gasteiger charge is 2.08. The van der Waals surface area contributed by atoms with Gasteiger partial charge in [0.05, 0.1) is 0 Å². The minimum Gasteiger partial charge on any atom is -0.338 e. The average molecular weight is 286 g/mol. The summed E-state index contributed by atoms with van der Waals surface area (Å²) in [6.07, 6.45) is 0.792. The fraction of sp³-hybridized carbons (Fsp3) is 0.235. The van der Waals surface area contributed by atoms with E-state index in [-0.39, 0.29) is 11.8 Å². The number of nitrogens with one attached hydrogen (secondary N) is 1. The van der Waals surface area contributed by atoms with Crippen LogP contribution in [0.4, 0.5) is 9.18 Å². The third-order valence-corrected chi connectivity index (χ3v) is 3.19. The Balaban J connectivity index is 1.77. The van der Waals surface area contributed by atoms with Crippen LogP contribution < -0.4 is 5.32 Å². The van der Waals surface area contributed by atoms with Crippen LogP contribution in [0.3, 0.4) is 0 Å². The molecule has 0 saturated carbocycles. The summed E-state index contributed by atoms with van der Waals surface area (Å²) in [5.41, 5.74) is 1.96. The van der Waals surface area contributed by atoms with E-state index in [0.29, 0.717) is 13.1 Å². The quantitative estimate of drug-likeness (QED) is 0.899. The van der Waals surface area contributed by atoms with Crippen molar-refractivity contribution in [2.24, 2.45) is 0 Å². The lowest BCUT2D eigenvalue weighted by atomic mass is 10.1. The minimum atomic E-state index is -0.287. The van der Waals surface area contributed by atoms with Gasteiger partial charge in [0, 0.05) is 20.1 Å². The summed E-state index contributed by atoms with van der Waals surface area (Å²) in [7, 11) is 1.70. The molecule has 1 N–H and O–H groups in total. The summed E-state index contributed by atoms with van der Waals surface area (Å²) in [6.45, 7) is 0.964. The molecule has 2 rings (SSSR count). The molecule has 2 aromatic rings. The fourth-order valence-corrected chi connectivity index (χ4v) is 2.07. The number of hydrogen-bond donors (Lipinski definition) is 1. The van der Waals surface area contributed by atoms with E-state index in [0.717, 1.165) is 12.0 Å². The van der Waals surface area contributed by atoms with Gasteiger partial charge >= 0.3 is 6.03 Å². The lowest BCUT2D eigenvalue weighted by molar-refractivity contribution is 0.207. The summed E-state index contributed by atoms with van der Waals surface area (Å²) in [4.78, 5) is 13.5. The monoisotopic (exact) mass is 286 g/mol. The number of carbonyl (C=O) groups is 1. The second kappa shape index (κ2) is 7.43. The number of amides is 2. The Labute approximate surface area is 124 Å². The number of nitrogens with zero attached hydrogens (tertiary/aromatic N) is 1. The second-order valence-corrected chi connectivity index (χ2v) is 4.95. The maximum Gasteiger partial charge on any atom is 0.317 e. The van der Waals surface area contributed by atoms with Gasteiger partial charge in [-0.3, -0.25) is 0 Å². The van der Waals surface area contributed by atoms with E-state index in [9.17, 15) is 9.18 Å². The average Bonchev–Trinajstić information content (AvgIpc) is 2.48. The number of halogens is 1. The minimum absolute atomic E-state index is 0.157. The summed E-state index contributed by atoms with van der Waals surface area (Å²) in [5, 5.41) is 2.86. The summed E-state index contributed by atoms with van der Waals surface area (Å²) in [6, 6.07) is 16.1. The van der Waals surface area contributed by atoms with Crippen molar-refractivity contribution in [1.82, 2.24) is 10.2 Å². The van der Waals surface area contributed by atoms with Gasteiger partial charge in [-0.25, -0.2) is 9.18 Å². The third-order valence-electron chi connectivity index (χ3n) is 3.19. The zero-order valence-electron chi connectivity index (χ0n) is 12.1. The Kier molecular flexibility index (Phi) is 5.32. The molecule has 2 aromatic carbocycles. The van der Waals surface area contributed by atoms with Crippen LogP contribution in [0.25, 0.3) is 0 Å². The molecule has 0 saturated heterocycles. The number of benzene rings is 2. The molecule has 0 aliphatic rings. The van der Waals surface area contributed by atoms with Crippen molar-refractivity contribution in [3.05, 3.63) is 71.5 Å². The fourth-order valence-electron chi connectivity index (χ4n) is 2.07. The van der Waals surface area contributed by atoms with Crippen molar-refractivity contribution in [1.29, 1.82) is 0 Å². The van der Waals surface area contributed by atoms with Crippen LogP contribution in [0, 0.1) is 5.82 Å². The topological polar surface area (TPSA) is 32.3 Å². The Morgan fingerprint density at radius 3 is 2.52 bits per heavy atom. The SMILES string of the molecule is CN(Cc1cccc(F)c1)C(=O)NCCc1ccccc1. The first-order valence-electron chi connectivity index (χ1n) is 6.92. The lowest BCUT2D eigenvalue weighted by Gasteiger charge is -2.18. The standard InChI is InChI=1S/C17H19FN2O/c1-20(13-15-8-5-9-16(18)12-15)17(21)19-11-10-14-6-3-2-4-7-14/h2-9,12H,10-11,13H2,1H3,(H,19,21). The number of hydrogen-bond acceptors (Lipinski definition) is 1. The van der Waals surface area contributed by atoms with Gasteiger partial charge in [-0.05, 0) is 29.7 Å². The number of rotatable bonds is 5. The molecular formula is C17H19FN2O. The molecule has 0 fully saturated rings. The summed E-state index contributed by atoms with van der Waals surface area (Å²) >= 11 is 0. The van der Waals surface area contributed by atoms with Gasteiger partial charge in [0.1, 0.15) is 5.82 Å². The maximum atomic E-state index is 13.1. The van der Waals surface area contributed by atoms with Crippen molar-refractivity contribution >= 4 is 6.03 Å². The van der Waals surface area contributed by atoms with Gasteiger partial charge < -0.3 is 10.2 Å². The number of carbonyl (C=O) groups excluding carboxylic acids is 1. The van der Waals surface area contributed by atoms with Crippen LogP contribution in [0.1, 0.15) is 11.1 Å². The van der Waals surface area contributed by atoms with E-state index < -0.39 is 0 Å². The largest absolute Gasteiger partial charge is 0.338 e. The van der Waals surface area contributed by atoms with Crippen molar-refractivity contribution < 1.29 is 9.18 Å². The lowest BCUT2D eigenvalue weighted by Crippen LogP contribution is -2.37. The van der Waals surface area contributed by atoms with Crippen LogP contribution in [0.15, 0.2) is 54.6 Å². The molecule has 3 nitrogen and oxygen atoms in total. The van der Waals surface area contributed by atoms with Crippen LogP contribution in [-0.2, 0) is 13.0 Å². The molecular weight excluding hydrogens is 267 g/mol. The first-order valence-corrected chi connectivity index (χ1v) is 6.92. The molecule has 0 spiro atoms. The molecule has 0 bridgehead atoms. The van der Waals surface area contributed by atoms with Crippen LogP contribution in [0.2, 0.25) is 0 Å². The van der Waals surface area contributed by atoms with Crippen LogP contribution in [0.5, 0.6) is 0 Å². The predicted molar refractivity (Wildman–Crippen MR) is 81.4 cm³/mol. The second-order valence-electron chi connectivity index (χ2n) is 4.95. The van der Waals surface area contributed by atoms with Gasteiger partial charge in [-0.2, -0.15) is 0 Å². The normalized spacial score (nSPS) is 10.2. The van der Waals surface area contributed by atoms with Gasteiger partial charge in [-0.1, -0.05) is 42.5 Å². The van der Waals surface area contributed by atoms with Crippen LogP contribution in [-0.4, -0.2) is 24.5 Å². The molecule has 110 valence electrons. The van der Waals surface area contributed by atoms with Gasteiger partial charge in [0.2, 0.25) is 0 Å². The number of urea groups is 1. The highest BCUT2D eigenvalue weighted by Crippen LogP contribution is 2.06. The van der Waals surface area contributed by atoms with E-state index in [1.54, 1.807) is 24.1 Å². The molecule has 0 aliphatic carbocycles. The third kappa shape index (κ3) is 4.91.